The molecule has 1 fully saturated rings. The van der Waals surface area contributed by atoms with Crippen LogP contribution in [0, 0.1) is 5.92 Å². The van der Waals surface area contributed by atoms with Gasteiger partial charge in [0.05, 0.1) is 5.54 Å². The third kappa shape index (κ3) is 3.51. The maximum atomic E-state index is 6.65. The van der Waals surface area contributed by atoms with E-state index in [0.29, 0.717) is 6.61 Å². The number of hydrogen-bond acceptors (Lipinski definition) is 2. The molecule has 2 heteroatoms. The highest BCUT2D eigenvalue weighted by atomic mass is 16.5. The molecule has 134 valence electrons. The van der Waals surface area contributed by atoms with Crippen molar-refractivity contribution in [2.45, 2.75) is 50.7 Å². The first kappa shape index (κ1) is 18.2. The summed E-state index contributed by atoms with van der Waals surface area (Å²) in [7, 11) is 2.08. The van der Waals surface area contributed by atoms with Crippen molar-refractivity contribution < 1.29 is 4.74 Å². The molecule has 0 spiro atoms. The Kier molecular flexibility index (Phi) is 5.61. The molecular formula is C23H31NO. The van der Waals surface area contributed by atoms with E-state index < -0.39 is 5.60 Å². The van der Waals surface area contributed by atoms with Crippen molar-refractivity contribution in [1.29, 1.82) is 0 Å². The van der Waals surface area contributed by atoms with Crippen LogP contribution >= 0.6 is 0 Å². The summed E-state index contributed by atoms with van der Waals surface area (Å²) in [5.74, 6) is 0.901. The molecule has 25 heavy (non-hydrogen) atoms. The second-order valence-electron chi connectivity index (χ2n) is 7.41. The maximum Gasteiger partial charge on any atom is 0.136 e. The minimum Gasteiger partial charge on any atom is -0.364 e. The van der Waals surface area contributed by atoms with Crippen molar-refractivity contribution in [3.63, 3.8) is 0 Å². The monoisotopic (exact) mass is 337 g/mol. The van der Waals surface area contributed by atoms with E-state index in [-0.39, 0.29) is 5.54 Å². The molecule has 2 nitrogen and oxygen atoms in total. The predicted molar refractivity (Wildman–Crippen MR) is 105 cm³/mol. The molecule has 1 saturated carbocycles. The van der Waals surface area contributed by atoms with Crippen LogP contribution in [0.25, 0.3) is 0 Å². The lowest BCUT2D eigenvalue weighted by Crippen LogP contribution is -2.60. The summed E-state index contributed by atoms with van der Waals surface area (Å²) in [6, 6.07) is 21.4. The number of rotatable bonds is 9. The molecule has 1 atom stereocenters. The van der Waals surface area contributed by atoms with Crippen molar-refractivity contribution >= 4 is 0 Å². The van der Waals surface area contributed by atoms with E-state index in [1.165, 1.54) is 30.4 Å². The van der Waals surface area contributed by atoms with Gasteiger partial charge in [0.15, 0.2) is 0 Å². The van der Waals surface area contributed by atoms with Crippen LogP contribution in [0.2, 0.25) is 0 Å². The van der Waals surface area contributed by atoms with Crippen LogP contribution in [-0.2, 0) is 10.3 Å². The van der Waals surface area contributed by atoms with E-state index in [2.05, 4.69) is 86.9 Å². The molecule has 0 bridgehead atoms. The van der Waals surface area contributed by atoms with E-state index in [4.69, 9.17) is 4.74 Å². The predicted octanol–water partition coefficient (Wildman–Crippen LogP) is 5.14. The minimum absolute atomic E-state index is 0.186. The topological polar surface area (TPSA) is 21.3 Å². The van der Waals surface area contributed by atoms with E-state index in [0.717, 1.165) is 12.3 Å². The second kappa shape index (κ2) is 7.72. The maximum absolute atomic E-state index is 6.65. The third-order valence-electron chi connectivity index (χ3n) is 5.80. The van der Waals surface area contributed by atoms with E-state index in [9.17, 15) is 0 Å². The Morgan fingerprint density at radius 3 is 1.88 bits per heavy atom. The molecule has 0 aliphatic heterocycles. The van der Waals surface area contributed by atoms with Gasteiger partial charge in [-0.05, 0) is 50.8 Å². The van der Waals surface area contributed by atoms with Gasteiger partial charge >= 0.3 is 0 Å². The summed E-state index contributed by atoms with van der Waals surface area (Å²) in [4.78, 5) is 0. The zero-order valence-corrected chi connectivity index (χ0v) is 15.8. The zero-order chi connectivity index (χ0) is 17.8. The molecule has 0 heterocycles. The molecule has 0 saturated heterocycles. The van der Waals surface area contributed by atoms with Gasteiger partial charge in [-0.15, -0.1) is 0 Å². The highest BCUT2D eigenvalue weighted by Gasteiger charge is 2.51. The number of ether oxygens (including phenoxy) is 1. The fourth-order valence-corrected chi connectivity index (χ4v) is 4.07. The SMILES string of the molecule is CCOC(c1ccccc1)(c1ccccc1)C(C)(CCC1CC1)NC. The Bertz CT molecular complexity index is 611. The fourth-order valence-electron chi connectivity index (χ4n) is 4.07. The van der Waals surface area contributed by atoms with Gasteiger partial charge in [0.25, 0.3) is 0 Å². The molecule has 0 amide bonds. The van der Waals surface area contributed by atoms with Gasteiger partial charge in [-0.25, -0.2) is 0 Å². The van der Waals surface area contributed by atoms with Gasteiger partial charge in [0, 0.05) is 6.61 Å². The molecule has 2 aromatic rings. The molecule has 0 aromatic heterocycles. The Morgan fingerprint density at radius 1 is 0.960 bits per heavy atom. The van der Waals surface area contributed by atoms with Crippen LogP contribution in [0.3, 0.4) is 0 Å². The largest absolute Gasteiger partial charge is 0.364 e. The minimum atomic E-state index is -0.506. The second-order valence-corrected chi connectivity index (χ2v) is 7.41. The number of hydrogen-bond donors (Lipinski definition) is 1. The van der Waals surface area contributed by atoms with E-state index >= 15 is 0 Å². The zero-order valence-electron chi connectivity index (χ0n) is 15.8. The molecule has 2 aromatic carbocycles. The van der Waals surface area contributed by atoms with Crippen molar-refractivity contribution in [1.82, 2.24) is 5.32 Å². The van der Waals surface area contributed by atoms with Gasteiger partial charge < -0.3 is 10.1 Å². The van der Waals surface area contributed by atoms with E-state index in [1.54, 1.807) is 0 Å². The first-order valence-electron chi connectivity index (χ1n) is 9.60. The molecule has 1 aliphatic rings. The van der Waals surface area contributed by atoms with Crippen LogP contribution in [-0.4, -0.2) is 19.2 Å². The lowest BCUT2D eigenvalue weighted by molar-refractivity contribution is -0.0789. The fraction of sp³-hybridized carbons (Fsp3) is 0.478. The van der Waals surface area contributed by atoms with Crippen molar-refractivity contribution in [2.75, 3.05) is 13.7 Å². The third-order valence-corrected chi connectivity index (χ3v) is 5.80. The van der Waals surface area contributed by atoms with Gasteiger partial charge in [0.1, 0.15) is 5.60 Å². The molecule has 1 aliphatic carbocycles. The quantitative estimate of drug-likeness (QED) is 0.684. The summed E-state index contributed by atoms with van der Waals surface area (Å²) in [6.45, 7) is 5.09. The standard InChI is InChI=1S/C23H31NO/c1-4-25-23(20-11-7-5-8-12-20,21-13-9-6-10-14-21)22(2,24-3)18-17-19-15-16-19/h5-14,19,24H,4,15-18H2,1-3H3. The van der Waals surface area contributed by atoms with Crippen LogP contribution in [0.1, 0.15) is 50.7 Å². The summed E-state index contributed by atoms with van der Waals surface area (Å²) in [5.41, 5.74) is 1.74. The van der Waals surface area contributed by atoms with Crippen LogP contribution in [0.15, 0.2) is 60.7 Å². The molecule has 3 rings (SSSR count). The Hall–Kier alpha value is -1.64. The highest BCUT2D eigenvalue weighted by Crippen LogP contribution is 2.47. The van der Waals surface area contributed by atoms with Crippen molar-refractivity contribution in [3.05, 3.63) is 71.8 Å². The normalized spacial score (nSPS) is 17.2. The van der Waals surface area contributed by atoms with E-state index in [1.807, 2.05) is 0 Å². The van der Waals surface area contributed by atoms with Gasteiger partial charge in [0.2, 0.25) is 0 Å². The average molecular weight is 338 g/mol. The summed E-state index contributed by atoms with van der Waals surface area (Å²) < 4.78 is 6.65. The van der Waals surface area contributed by atoms with Crippen LogP contribution < -0.4 is 5.32 Å². The van der Waals surface area contributed by atoms with Crippen molar-refractivity contribution in [3.8, 4) is 0 Å². The first-order chi connectivity index (χ1) is 12.2. The highest BCUT2D eigenvalue weighted by molar-refractivity contribution is 5.41. The van der Waals surface area contributed by atoms with Gasteiger partial charge in [-0.1, -0.05) is 73.5 Å². The Balaban J connectivity index is 2.14. The van der Waals surface area contributed by atoms with Gasteiger partial charge in [-0.3, -0.25) is 0 Å². The molecular weight excluding hydrogens is 306 g/mol. The number of benzene rings is 2. The summed E-state index contributed by atoms with van der Waals surface area (Å²) >= 11 is 0. The number of likely N-dealkylation sites (N-methyl/N-ethyl adjacent to an activating group) is 1. The van der Waals surface area contributed by atoms with Gasteiger partial charge in [-0.2, -0.15) is 0 Å². The smallest absolute Gasteiger partial charge is 0.136 e. The lowest BCUT2D eigenvalue weighted by Gasteiger charge is -2.49. The van der Waals surface area contributed by atoms with Crippen LogP contribution in [0.4, 0.5) is 0 Å². The summed E-state index contributed by atoms with van der Waals surface area (Å²) in [5, 5.41) is 3.66. The van der Waals surface area contributed by atoms with Crippen molar-refractivity contribution in [2.24, 2.45) is 5.92 Å². The molecule has 0 radical (unpaired) electrons. The first-order valence-corrected chi connectivity index (χ1v) is 9.60. The summed E-state index contributed by atoms with van der Waals surface area (Å²) in [6.07, 6.45) is 5.12. The Labute approximate surface area is 152 Å². The van der Waals surface area contributed by atoms with Crippen LogP contribution in [0.5, 0.6) is 0 Å². The molecule has 1 N–H and O–H groups in total. The number of nitrogens with one attached hydrogen (secondary N) is 1. The average Bonchev–Trinajstić information content (AvgIpc) is 3.50. The lowest BCUT2D eigenvalue weighted by atomic mass is 9.69. The Morgan fingerprint density at radius 2 is 1.48 bits per heavy atom. The molecule has 1 unspecified atom stereocenters.